The van der Waals surface area contributed by atoms with E-state index >= 15 is 0 Å². The number of carbonyl (C=O) groups excluding carboxylic acids is 1. The molecule has 0 aromatic heterocycles. The van der Waals surface area contributed by atoms with Crippen molar-refractivity contribution in [3.63, 3.8) is 0 Å². The van der Waals surface area contributed by atoms with Gasteiger partial charge in [-0.2, -0.15) is 0 Å². The fraction of sp³-hybridized carbons (Fsp3) is 0.381. The number of aliphatic hydroxyl groups excluding tert-OH is 1. The highest BCUT2D eigenvalue weighted by atomic mass is 127. The Morgan fingerprint density at radius 3 is 2.29 bits per heavy atom. The molecule has 0 heterocycles. The number of aliphatic hydroxyl groups is 1. The molecule has 0 aliphatic carbocycles. The number of carbonyl (C=O) groups is 1. The van der Waals surface area contributed by atoms with Crippen LogP contribution >= 0.6 is 34.2 Å². The zero-order valence-electron chi connectivity index (χ0n) is 16.2. The number of β-amino-alcohol motifs (C(OH)–C–C–N with tert-alkyl or cyclic N) is 1. The van der Waals surface area contributed by atoms with Crippen LogP contribution in [0.2, 0.25) is 5.02 Å². The van der Waals surface area contributed by atoms with Crippen LogP contribution in [0, 0.1) is 3.57 Å². The predicted octanol–water partition coefficient (Wildman–Crippen LogP) is 5.29. The van der Waals surface area contributed by atoms with Crippen LogP contribution in [0.4, 0.5) is 4.79 Å². The summed E-state index contributed by atoms with van der Waals surface area (Å²) in [6.45, 7) is 6.17. The van der Waals surface area contributed by atoms with E-state index in [4.69, 9.17) is 21.1 Å². The summed E-state index contributed by atoms with van der Waals surface area (Å²) >= 11 is 8.11. The Morgan fingerprint density at radius 1 is 1.11 bits per heavy atom. The number of nitrogens with zero attached hydrogens (tertiary/aromatic N) is 1. The smallest absolute Gasteiger partial charge is 0.410 e. The summed E-state index contributed by atoms with van der Waals surface area (Å²) in [5.74, 6) is 0.724. The summed E-state index contributed by atoms with van der Waals surface area (Å²) in [6, 6.07) is 14.5. The molecule has 2 rings (SSSR count). The third kappa shape index (κ3) is 7.14. The lowest BCUT2D eigenvalue weighted by Gasteiger charge is -2.36. The fourth-order valence-corrected chi connectivity index (χ4v) is 2.97. The van der Waals surface area contributed by atoms with E-state index in [1.807, 2.05) is 45.0 Å². The summed E-state index contributed by atoms with van der Waals surface area (Å²) in [7, 11) is 0. The lowest BCUT2D eigenvalue weighted by molar-refractivity contribution is 0.0313. The lowest BCUT2D eigenvalue weighted by atomic mass is 10.0. The van der Waals surface area contributed by atoms with Crippen molar-refractivity contribution in [3.8, 4) is 5.75 Å². The normalized spacial score (nSPS) is 12.4. The molecule has 0 saturated heterocycles. The third-order valence-electron chi connectivity index (χ3n) is 4.03. The van der Waals surface area contributed by atoms with E-state index in [0.29, 0.717) is 10.6 Å². The standard InChI is InChI=1S/C21H25ClINO4/c1-21(2,3)24(14-19(25)15-4-6-16(22)7-5-15)20(26)28-13-12-27-18-10-8-17(23)9-11-18/h4-11,19,25H,12-14H2,1-3H3/t19-/m0/s1. The Bertz CT molecular complexity index is 759. The highest BCUT2D eigenvalue weighted by Gasteiger charge is 2.30. The van der Waals surface area contributed by atoms with Crippen LogP contribution in [0.3, 0.4) is 0 Å². The highest BCUT2D eigenvalue weighted by molar-refractivity contribution is 14.1. The zero-order valence-corrected chi connectivity index (χ0v) is 19.1. The molecule has 1 N–H and O–H groups in total. The van der Waals surface area contributed by atoms with Crippen LogP contribution in [0.5, 0.6) is 5.75 Å². The first-order chi connectivity index (χ1) is 13.2. The van der Waals surface area contributed by atoms with Crippen LogP contribution in [0.1, 0.15) is 32.4 Å². The van der Waals surface area contributed by atoms with Crippen molar-refractivity contribution in [3.05, 3.63) is 62.7 Å². The first-order valence-electron chi connectivity index (χ1n) is 8.93. The number of ether oxygens (including phenoxy) is 2. The first-order valence-corrected chi connectivity index (χ1v) is 10.4. The average molecular weight is 518 g/mol. The molecule has 5 nitrogen and oxygen atoms in total. The molecular weight excluding hydrogens is 493 g/mol. The molecule has 0 unspecified atom stereocenters. The minimum atomic E-state index is -0.841. The van der Waals surface area contributed by atoms with Gasteiger partial charge in [0, 0.05) is 14.1 Å². The minimum absolute atomic E-state index is 0.113. The van der Waals surface area contributed by atoms with Crippen molar-refractivity contribution in [2.45, 2.75) is 32.4 Å². The minimum Gasteiger partial charge on any atom is -0.490 e. The quantitative estimate of drug-likeness (QED) is 0.400. The van der Waals surface area contributed by atoms with E-state index in [1.165, 1.54) is 4.90 Å². The van der Waals surface area contributed by atoms with E-state index in [-0.39, 0.29) is 19.8 Å². The van der Waals surface area contributed by atoms with E-state index in [9.17, 15) is 9.90 Å². The van der Waals surface area contributed by atoms with Crippen molar-refractivity contribution in [2.24, 2.45) is 0 Å². The summed E-state index contributed by atoms with van der Waals surface area (Å²) in [5, 5.41) is 11.1. The summed E-state index contributed by atoms with van der Waals surface area (Å²) in [6.07, 6.45) is -1.33. The van der Waals surface area contributed by atoms with Gasteiger partial charge in [-0.1, -0.05) is 23.7 Å². The maximum absolute atomic E-state index is 12.6. The van der Waals surface area contributed by atoms with Gasteiger partial charge in [0.2, 0.25) is 0 Å². The lowest BCUT2D eigenvalue weighted by Crippen LogP contribution is -2.48. The van der Waals surface area contributed by atoms with Gasteiger partial charge in [0.15, 0.2) is 0 Å². The first kappa shape index (κ1) is 22.8. The van der Waals surface area contributed by atoms with E-state index < -0.39 is 17.7 Å². The Morgan fingerprint density at radius 2 is 1.71 bits per heavy atom. The molecule has 0 radical (unpaired) electrons. The fourth-order valence-electron chi connectivity index (χ4n) is 2.48. The van der Waals surface area contributed by atoms with Crippen molar-refractivity contribution in [1.82, 2.24) is 4.90 Å². The van der Waals surface area contributed by atoms with Gasteiger partial charge in [0.25, 0.3) is 0 Å². The molecule has 2 aromatic carbocycles. The topological polar surface area (TPSA) is 59.0 Å². The Labute approximate surface area is 184 Å². The maximum atomic E-state index is 12.6. The van der Waals surface area contributed by atoms with E-state index in [2.05, 4.69) is 22.6 Å². The van der Waals surface area contributed by atoms with Gasteiger partial charge >= 0.3 is 6.09 Å². The van der Waals surface area contributed by atoms with Crippen LogP contribution in [-0.4, -0.2) is 41.4 Å². The molecule has 0 saturated carbocycles. The number of amides is 1. The van der Waals surface area contributed by atoms with Gasteiger partial charge in [0.1, 0.15) is 19.0 Å². The maximum Gasteiger partial charge on any atom is 0.410 e. The van der Waals surface area contributed by atoms with Crippen molar-refractivity contribution >= 4 is 40.3 Å². The number of rotatable bonds is 7. The molecule has 1 amide bonds. The molecule has 152 valence electrons. The second kappa shape index (κ2) is 10.3. The van der Waals surface area contributed by atoms with Crippen LogP contribution in [-0.2, 0) is 4.74 Å². The van der Waals surface area contributed by atoms with Gasteiger partial charge in [-0.3, -0.25) is 0 Å². The molecular formula is C21H25ClINO4. The third-order valence-corrected chi connectivity index (χ3v) is 5.00. The number of benzene rings is 2. The van der Waals surface area contributed by atoms with Crippen molar-refractivity contribution in [2.75, 3.05) is 19.8 Å². The number of hydrogen-bond acceptors (Lipinski definition) is 4. The van der Waals surface area contributed by atoms with E-state index in [1.54, 1.807) is 24.3 Å². The molecule has 0 aliphatic heterocycles. The number of hydrogen-bond donors (Lipinski definition) is 1. The molecule has 2 aromatic rings. The highest BCUT2D eigenvalue weighted by Crippen LogP contribution is 2.22. The molecule has 28 heavy (non-hydrogen) atoms. The molecule has 0 aliphatic rings. The van der Waals surface area contributed by atoms with Gasteiger partial charge in [-0.05, 0) is 85.3 Å². The van der Waals surface area contributed by atoms with Gasteiger partial charge in [-0.25, -0.2) is 4.79 Å². The second-order valence-corrected chi connectivity index (χ2v) is 8.95. The molecule has 0 bridgehead atoms. The summed E-state index contributed by atoms with van der Waals surface area (Å²) in [5.41, 5.74) is 0.176. The molecule has 0 fully saturated rings. The number of halogens is 2. The summed E-state index contributed by atoms with van der Waals surface area (Å²) in [4.78, 5) is 14.1. The Balaban J connectivity index is 1.89. The van der Waals surface area contributed by atoms with Crippen LogP contribution < -0.4 is 4.74 Å². The molecule has 0 spiro atoms. The second-order valence-electron chi connectivity index (χ2n) is 7.27. The molecule has 7 heteroatoms. The zero-order chi connectivity index (χ0) is 20.7. The Kier molecular flexibility index (Phi) is 8.39. The largest absolute Gasteiger partial charge is 0.490 e. The Hall–Kier alpha value is -1.51. The SMILES string of the molecule is CC(C)(C)N(C[C@H](O)c1ccc(Cl)cc1)C(=O)OCCOc1ccc(I)cc1. The van der Waals surface area contributed by atoms with Gasteiger partial charge in [0.05, 0.1) is 12.6 Å². The van der Waals surface area contributed by atoms with Gasteiger partial charge < -0.3 is 19.5 Å². The monoisotopic (exact) mass is 517 g/mol. The van der Waals surface area contributed by atoms with Crippen molar-refractivity contribution < 1.29 is 19.4 Å². The summed E-state index contributed by atoms with van der Waals surface area (Å²) < 4.78 is 12.1. The molecule has 1 atom stereocenters. The average Bonchev–Trinajstić information content (AvgIpc) is 2.64. The van der Waals surface area contributed by atoms with Gasteiger partial charge in [-0.15, -0.1) is 0 Å². The van der Waals surface area contributed by atoms with E-state index in [0.717, 1.165) is 9.32 Å². The van der Waals surface area contributed by atoms with Crippen LogP contribution in [0.25, 0.3) is 0 Å². The van der Waals surface area contributed by atoms with Crippen LogP contribution in [0.15, 0.2) is 48.5 Å². The predicted molar refractivity (Wildman–Crippen MR) is 119 cm³/mol. The van der Waals surface area contributed by atoms with Crippen molar-refractivity contribution in [1.29, 1.82) is 0 Å².